The van der Waals surface area contributed by atoms with Crippen LogP contribution in [0.3, 0.4) is 0 Å². The molecule has 3 aromatic rings. The molecule has 5 heteroatoms. The monoisotopic (exact) mass is 351 g/mol. The van der Waals surface area contributed by atoms with Gasteiger partial charge in [0.25, 0.3) is 0 Å². The smallest absolute Gasteiger partial charge is 0.347 e. The Kier molecular flexibility index (Phi) is 4.80. The number of carbonyl (C=O) groups is 1. The molecule has 1 aromatic heterocycles. The van der Waals surface area contributed by atoms with Crippen molar-refractivity contribution in [1.29, 1.82) is 0 Å². The van der Waals surface area contributed by atoms with Gasteiger partial charge in [-0.2, -0.15) is 0 Å². The number of nitrogen functional groups attached to an aromatic ring is 1. The number of ketones is 1. The largest absolute Gasteiger partial charge is 0.496 e. The minimum atomic E-state index is -0.655. The molecule has 0 amide bonds. The maximum atomic E-state index is 13.2. The van der Waals surface area contributed by atoms with Gasteiger partial charge in [0.1, 0.15) is 16.9 Å². The van der Waals surface area contributed by atoms with Gasteiger partial charge >= 0.3 is 5.63 Å². The molecule has 0 fully saturated rings. The Morgan fingerprint density at radius 1 is 1.15 bits per heavy atom. The van der Waals surface area contributed by atoms with Crippen LogP contribution >= 0.6 is 0 Å². The number of fused-ring (bicyclic) bond motifs is 1. The molecule has 0 saturated carbocycles. The van der Waals surface area contributed by atoms with Gasteiger partial charge in [0, 0.05) is 17.1 Å². The standard InChI is InChI=1S/C21H21NO4/c1-4-12-10-13(22)11-17-18(12)14(5-2)19(21(24)26-17)20(23)15-8-6-7-9-16(15)25-3/h6-11H,4-5,22H2,1-3H3. The third-order valence-corrected chi connectivity index (χ3v) is 4.53. The van der Waals surface area contributed by atoms with E-state index in [1.807, 2.05) is 19.9 Å². The van der Waals surface area contributed by atoms with Gasteiger partial charge in [0.15, 0.2) is 0 Å². The Hall–Kier alpha value is -3.08. The van der Waals surface area contributed by atoms with Gasteiger partial charge in [0.05, 0.1) is 12.7 Å². The van der Waals surface area contributed by atoms with Crippen molar-refractivity contribution in [2.24, 2.45) is 0 Å². The van der Waals surface area contributed by atoms with Crippen LogP contribution in [0.15, 0.2) is 45.6 Å². The molecule has 0 spiro atoms. The maximum absolute atomic E-state index is 13.2. The summed E-state index contributed by atoms with van der Waals surface area (Å²) in [7, 11) is 1.49. The Bertz CT molecular complexity index is 1050. The second-order valence-corrected chi connectivity index (χ2v) is 6.03. The fraction of sp³-hybridized carbons (Fsp3) is 0.238. The molecule has 0 atom stereocenters. The Labute approximate surface area is 151 Å². The first-order chi connectivity index (χ1) is 12.5. The van der Waals surface area contributed by atoms with Gasteiger partial charge in [-0.3, -0.25) is 4.79 Å². The van der Waals surface area contributed by atoms with Gasteiger partial charge in [-0.15, -0.1) is 0 Å². The van der Waals surface area contributed by atoms with Crippen molar-refractivity contribution < 1.29 is 13.9 Å². The highest BCUT2D eigenvalue weighted by molar-refractivity contribution is 6.13. The van der Waals surface area contributed by atoms with Crippen molar-refractivity contribution in [2.75, 3.05) is 12.8 Å². The van der Waals surface area contributed by atoms with E-state index in [0.717, 1.165) is 10.9 Å². The van der Waals surface area contributed by atoms with Crippen LogP contribution in [0, 0.1) is 0 Å². The Morgan fingerprint density at radius 2 is 1.88 bits per heavy atom. The van der Waals surface area contributed by atoms with E-state index < -0.39 is 11.4 Å². The number of hydrogen-bond acceptors (Lipinski definition) is 5. The lowest BCUT2D eigenvalue weighted by molar-refractivity contribution is 0.103. The van der Waals surface area contributed by atoms with Gasteiger partial charge < -0.3 is 14.9 Å². The van der Waals surface area contributed by atoms with Crippen molar-refractivity contribution in [3.63, 3.8) is 0 Å². The number of carbonyl (C=O) groups excluding carboxylic acids is 1. The van der Waals surface area contributed by atoms with E-state index in [9.17, 15) is 9.59 Å². The average molecular weight is 351 g/mol. The topological polar surface area (TPSA) is 82.5 Å². The summed E-state index contributed by atoms with van der Waals surface area (Å²) in [5.41, 5.74) is 8.25. The average Bonchev–Trinajstić information content (AvgIpc) is 2.65. The normalized spacial score (nSPS) is 10.9. The first-order valence-corrected chi connectivity index (χ1v) is 8.57. The van der Waals surface area contributed by atoms with Crippen molar-refractivity contribution in [1.82, 2.24) is 0 Å². The van der Waals surface area contributed by atoms with Crippen LogP contribution in [0.4, 0.5) is 5.69 Å². The lowest BCUT2D eigenvalue weighted by atomic mass is 9.92. The lowest BCUT2D eigenvalue weighted by Crippen LogP contribution is -2.19. The second-order valence-electron chi connectivity index (χ2n) is 6.03. The molecule has 26 heavy (non-hydrogen) atoms. The van der Waals surface area contributed by atoms with E-state index in [1.54, 1.807) is 30.3 Å². The molecule has 0 aliphatic rings. The highest BCUT2D eigenvalue weighted by atomic mass is 16.5. The molecule has 1 heterocycles. The van der Waals surface area contributed by atoms with Gasteiger partial charge in [-0.05, 0) is 42.2 Å². The molecule has 0 aliphatic heterocycles. The summed E-state index contributed by atoms with van der Waals surface area (Å²) in [6.07, 6.45) is 1.24. The van der Waals surface area contributed by atoms with Crippen LogP contribution in [0.5, 0.6) is 5.75 Å². The SMILES string of the molecule is CCc1cc(N)cc2oc(=O)c(C(=O)c3ccccc3OC)c(CC)c12. The molecule has 0 bridgehead atoms. The molecule has 0 aliphatic carbocycles. The Morgan fingerprint density at radius 3 is 2.54 bits per heavy atom. The summed E-state index contributed by atoms with van der Waals surface area (Å²) in [6, 6.07) is 10.3. The van der Waals surface area contributed by atoms with Crippen LogP contribution in [0.25, 0.3) is 11.0 Å². The highest BCUT2D eigenvalue weighted by Gasteiger charge is 2.24. The molecule has 2 N–H and O–H groups in total. The van der Waals surface area contributed by atoms with E-state index in [0.29, 0.717) is 41.0 Å². The first kappa shape index (κ1) is 17.7. The zero-order valence-electron chi connectivity index (χ0n) is 15.1. The molecule has 134 valence electrons. The summed E-state index contributed by atoms with van der Waals surface area (Å²) in [4.78, 5) is 25.8. The van der Waals surface area contributed by atoms with Crippen LogP contribution in [-0.4, -0.2) is 12.9 Å². The number of benzene rings is 2. The summed E-state index contributed by atoms with van der Waals surface area (Å²) in [5, 5.41) is 0.794. The predicted molar refractivity (Wildman–Crippen MR) is 102 cm³/mol. The number of para-hydroxylation sites is 1. The van der Waals surface area contributed by atoms with Crippen molar-refractivity contribution >= 4 is 22.4 Å². The van der Waals surface area contributed by atoms with Crippen LogP contribution in [-0.2, 0) is 12.8 Å². The van der Waals surface area contributed by atoms with E-state index in [4.69, 9.17) is 14.9 Å². The summed E-state index contributed by atoms with van der Waals surface area (Å²) >= 11 is 0. The van der Waals surface area contributed by atoms with Crippen molar-refractivity contribution in [3.8, 4) is 5.75 Å². The fourth-order valence-corrected chi connectivity index (χ4v) is 3.35. The quantitative estimate of drug-likeness (QED) is 0.430. The van der Waals surface area contributed by atoms with E-state index >= 15 is 0 Å². The lowest BCUT2D eigenvalue weighted by Gasteiger charge is -2.14. The molecule has 0 unspecified atom stereocenters. The van der Waals surface area contributed by atoms with Crippen LogP contribution in [0.2, 0.25) is 0 Å². The second kappa shape index (κ2) is 7.04. The third-order valence-electron chi connectivity index (χ3n) is 4.53. The zero-order valence-corrected chi connectivity index (χ0v) is 15.1. The van der Waals surface area contributed by atoms with Crippen molar-refractivity contribution in [2.45, 2.75) is 26.7 Å². The number of ether oxygens (including phenoxy) is 1. The molecule has 2 aromatic carbocycles. The Balaban J connectivity index is 2.36. The number of aryl methyl sites for hydroxylation is 2. The maximum Gasteiger partial charge on any atom is 0.347 e. The van der Waals surface area contributed by atoms with E-state index in [-0.39, 0.29) is 5.56 Å². The van der Waals surface area contributed by atoms with Gasteiger partial charge in [-0.1, -0.05) is 26.0 Å². The molecule has 5 nitrogen and oxygen atoms in total. The fourth-order valence-electron chi connectivity index (χ4n) is 3.35. The third kappa shape index (κ3) is 2.86. The van der Waals surface area contributed by atoms with Crippen molar-refractivity contribution in [3.05, 3.63) is 69.1 Å². The summed E-state index contributed by atoms with van der Waals surface area (Å²) in [5.74, 6) is 0.0286. The van der Waals surface area contributed by atoms with Crippen LogP contribution < -0.4 is 16.1 Å². The molecular formula is C21H21NO4. The van der Waals surface area contributed by atoms with Gasteiger partial charge in [0.2, 0.25) is 5.78 Å². The molecular weight excluding hydrogens is 330 g/mol. The number of anilines is 1. The zero-order chi connectivity index (χ0) is 18.8. The predicted octanol–water partition coefficient (Wildman–Crippen LogP) is 3.74. The number of methoxy groups -OCH3 is 1. The minimum Gasteiger partial charge on any atom is -0.496 e. The number of nitrogens with two attached hydrogens (primary N) is 1. The molecule has 0 radical (unpaired) electrons. The summed E-state index contributed by atoms with van der Waals surface area (Å²) < 4.78 is 10.8. The highest BCUT2D eigenvalue weighted by Crippen LogP contribution is 2.30. The van der Waals surface area contributed by atoms with E-state index in [2.05, 4.69) is 0 Å². The molecule has 3 rings (SSSR count). The molecule has 0 saturated heterocycles. The van der Waals surface area contributed by atoms with Crippen LogP contribution in [0.1, 0.15) is 40.9 Å². The minimum absolute atomic E-state index is 0.0592. The van der Waals surface area contributed by atoms with E-state index in [1.165, 1.54) is 7.11 Å². The van der Waals surface area contributed by atoms with Gasteiger partial charge in [-0.25, -0.2) is 4.79 Å². The summed E-state index contributed by atoms with van der Waals surface area (Å²) in [6.45, 7) is 3.92. The number of hydrogen-bond donors (Lipinski definition) is 1. The first-order valence-electron chi connectivity index (χ1n) is 8.57. The number of rotatable bonds is 5.